The number of aldehydes is 1. The van der Waals surface area contributed by atoms with Crippen LogP contribution in [0.1, 0.15) is 52.5 Å². The number of nitrogens with one attached hydrogen (secondary N) is 1. The molecule has 2 bridgehead atoms. The molecule has 1 aromatic carbocycles. The van der Waals surface area contributed by atoms with Crippen LogP contribution in [0.5, 0.6) is 5.75 Å². The number of methoxy groups -OCH3 is 1. The number of hydrogen-bond acceptors (Lipinski definition) is 7. The molecule has 9 nitrogen and oxygen atoms in total. The van der Waals surface area contributed by atoms with E-state index < -0.39 is 53.7 Å². The highest BCUT2D eigenvalue weighted by Crippen LogP contribution is 2.31. The first kappa shape index (κ1) is 31.0. The number of nitrogens with two attached hydrogens (primary N) is 1. The summed E-state index contributed by atoms with van der Waals surface area (Å²) in [6.45, 7) is 6.94. The van der Waals surface area contributed by atoms with Crippen LogP contribution >= 0.6 is 0 Å². The molecule has 38 heavy (non-hydrogen) atoms. The van der Waals surface area contributed by atoms with Gasteiger partial charge < -0.3 is 35.5 Å². The molecular weight excluding hydrogens is 495 g/mol. The molecule has 0 saturated heterocycles. The summed E-state index contributed by atoms with van der Waals surface area (Å²) in [6.07, 6.45) is 1.71. The largest absolute Gasteiger partial charge is 0.505 e. The molecular formula is C28H39FN2O7. The van der Waals surface area contributed by atoms with Gasteiger partial charge in [0.2, 0.25) is 0 Å². The van der Waals surface area contributed by atoms with Gasteiger partial charge >= 0.3 is 6.09 Å². The average molecular weight is 535 g/mol. The zero-order chi connectivity index (χ0) is 28.6. The van der Waals surface area contributed by atoms with E-state index in [1.807, 2.05) is 6.92 Å². The Hall–Kier alpha value is -3.24. The predicted molar refractivity (Wildman–Crippen MR) is 141 cm³/mol. The molecule has 1 aliphatic heterocycles. The van der Waals surface area contributed by atoms with Crippen molar-refractivity contribution in [3.63, 3.8) is 0 Å². The van der Waals surface area contributed by atoms with Crippen LogP contribution < -0.4 is 11.1 Å². The number of rotatable bonds is 3. The lowest BCUT2D eigenvalue weighted by Gasteiger charge is -2.29. The lowest BCUT2D eigenvalue weighted by Crippen LogP contribution is -2.36. The number of allylic oxidation sites excluding steroid dienone is 1. The summed E-state index contributed by atoms with van der Waals surface area (Å²) in [5.41, 5.74) is 6.67. The van der Waals surface area contributed by atoms with Crippen molar-refractivity contribution in [2.24, 2.45) is 23.5 Å². The minimum absolute atomic E-state index is 0.141. The Bertz CT molecular complexity index is 1070. The van der Waals surface area contributed by atoms with E-state index in [1.54, 1.807) is 32.9 Å². The van der Waals surface area contributed by atoms with Crippen molar-refractivity contribution in [2.75, 3.05) is 12.4 Å². The van der Waals surface area contributed by atoms with E-state index in [0.717, 1.165) is 6.07 Å². The number of carbonyl (C=O) groups is 3. The quantitative estimate of drug-likeness (QED) is 0.260. The first-order valence-electron chi connectivity index (χ1n) is 12.7. The van der Waals surface area contributed by atoms with Crippen LogP contribution in [0.15, 0.2) is 35.4 Å². The highest BCUT2D eigenvalue weighted by molar-refractivity contribution is 6.03. The topological polar surface area (TPSA) is 148 Å². The normalized spacial score (nSPS) is 30.8. The Morgan fingerprint density at radius 3 is 2.55 bits per heavy atom. The summed E-state index contributed by atoms with van der Waals surface area (Å²) in [4.78, 5) is 36.3. The smallest absolute Gasteiger partial charge is 0.405 e. The molecule has 0 aromatic heterocycles. The van der Waals surface area contributed by atoms with Gasteiger partial charge in [0.05, 0.1) is 18.1 Å². The minimum atomic E-state index is -1.03. The third-order valence-corrected chi connectivity index (χ3v) is 6.92. The van der Waals surface area contributed by atoms with E-state index in [2.05, 4.69) is 5.32 Å². The zero-order valence-electron chi connectivity index (χ0n) is 22.6. The molecule has 1 heterocycles. The third-order valence-electron chi connectivity index (χ3n) is 6.92. The zero-order valence-corrected chi connectivity index (χ0v) is 22.6. The molecule has 0 spiro atoms. The fourth-order valence-corrected chi connectivity index (χ4v) is 4.81. The standard InChI is InChI=1S/C28H39FN2O7/c1-15-9-20-12-21(13-22(29)25(20)34)31-27(35)16(2)7-6-8-19(14-32)26(38-28(30)36)18(4)11-17(3)24(33)23(10-15)37-5/h7,11-15,17,19,23-24,26,33-34H,6,8-10H2,1-5H3,(H2,30,36)(H,31,35)/b16-7+,18-11+/t15-,17+,19-,23+,24-,26+/m1/s1. The number of phenolic OH excluding ortho intramolecular Hbond substituents is 1. The van der Waals surface area contributed by atoms with E-state index in [1.165, 1.54) is 13.2 Å². The van der Waals surface area contributed by atoms with Crippen molar-refractivity contribution < 1.29 is 38.5 Å². The molecule has 0 fully saturated rings. The maximum atomic E-state index is 14.5. The fourth-order valence-electron chi connectivity index (χ4n) is 4.81. The molecule has 210 valence electrons. The number of aliphatic hydroxyl groups excluding tert-OH is 1. The SMILES string of the molecule is CO[C@H]1C[C@H](C)Cc2cc(cc(F)c2O)NC(=O)/C(C)=C/CC[C@H](C=O)[C@@H](OC(N)=O)/C(C)=C/[C@H](C)[C@H]1O. The van der Waals surface area contributed by atoms with Crippen molar-refractivity contribution >= 4 is 24.0 Å². The van der Waals surface area contributed by atoms with Gasteiger partial charge in [0.1, 0.15) is 12.4 Å². The van der Waals surface area contributed by atoms with E-state index in [0.29, 0.717) is 35.8 Å². The summed E-state index contributed by atoms with van der Waals surface area (Å²) < 4.78 is 25.3. The molecule has 6 atom stereocenters. The van der Waals surface area contributed by atoms with Gasteiger partial charge in [-0.15, -0.1) is 0 Å². The molecule has 0 unspecified atom stereocenters. The highest BCUT2D eigenvalue weighted by atomic mass is 19.1. The van der Waals surface area contributed by atoms with Gasteiger partial charge in [-0.2, -0.15) is 0 Å². The molecule has 0 aliphatic carbocycles. The first-order chi connectivity index (χ1) is 17.9. The van der Waals surface area contributed by atoms with Crippen LogP contribution in [0, 0.1) is 23.6 Å². The summed E-state index contributed by atoms with van der Waals surface area (Å²) >= 11 is 0. The van der Waals surface area contributed by atoms with E-state index in [4.69, 9.17) is 15.2 Å². The van der Waals surface area contributed by atoms with Gasteiger partial charge in [-0.25, -0.2) is 9.18 Å². The lowest BCUT2D eigenvalue weighted by atomic mass is 9.87. The number of carbonyl (C=O) groups excluding carboxylic acids is 3. The van der Waals surface area contributed by atoms with Crippen molar-refractivity contribution in [1.82, 2.24) is 0 Å². The van der Waals surface area contributed by atoms with Gasteiger partial charge in [0, 0.05) is 30.4 Å². The highest BCUT2D eigenvalue weighted by Gasteiger charge is 2.30. The molecule has 0 radical (unpaired) electrons. The molecule has 0 saturated carbocycles. The second-order valence-electron chi connectivity index (χ2n) is 10.1. The Morgan fingerprint density at radius 1 is 1.26 bits per heavy atom. The number of aliphatic hydroxyl groups is 1. The number of ether oxygens (including phenoxy) is 2. The molecule has 5 N–H and O–H groups in total. The lowest BCUT2D eigenvalue weighted by molar-refractivity contribution is -0.114. The van der Waals surface area contributed by atoms with Gasteiger partial charge in [0.25, 0.3) is 5.91 Å². The van der Waals surface area contributed by atoms with Gasteiger partial charge in [-0.05, 0) is 62.7 Å². The van der Waals surface area contributed by atoms with Crippen LogP contribution in [0.2, 0.25) is 0 Å². The Kier molecular flexibility index (Phi) is 11.5. The van der Waals surface area contributed by atoms with Gasteiger partial charge in [-0.3, -0.25) is 4.79 Å². The Morgan fingerprint density at radius 2 is 1.95 bits per heavy atom. The van der Waals surface area contributed by atoms with Crippen molar-refractivity contribution in [3.05, 3.63) is 46.8 Å². The predicted octanol–water partition coefficient (Wildman–Crippen LogP) is 4.02. The number of aromatic hydroxyl groups is 1. The third kappa shape index (κ3) is 8.39. The number of anilines is 1. The number of halogens is 1. The molecule has 10 heteroatoms. The van der Waals surface area contributed by atoms with Gasteiger partial charge in [0.15, 0.2) is 11.6 Å². The second-order valence-corrected chi connectivity index (χ2v) is 10.1. The van der Waals surface area contributed by atoms with Crippen LogP contribution in [0.3, 0.4) is 0 Å². The number of phenols is 1. The number of fused-ring (bicyclic) bond motifs is 2. The minimum Gasteiger partial charge on any atom is -0.505 e. The number of primary amides is 1. The summed E-state index contributed by atoms with van der Waals surface area (Å²) in [5.74, 6) is -3.15. The first-order valence-corrected chi connectivity index (χ1v) is 12.7. The maximum absolute atomic E-state index is 14.5. The van der Waals surface area contributed by atoms with Crippen LogP contribution in [0.4, 0.5) is 14.9 Å². The second kappa shape index (κ2) is 14.1. The van der Waals surface area contributed by atoms with Crippen LogP contribution in [-0.2, 0) is 25.5 Å². The number of amides is 2. The van der Waals surface area contributed by atoms with E-state index >= 15 is 0 Å². The maximum Gasteiger partial charge on any atom is 0.405 e. The molecule has 1 aliphatic rings. The summed E-state index contributed by atoms with van der Waals surface area (Å²) in [5, 5.41) is 24.0. The Balaban J connectivity index is 2.51. The molecule has 2 rings (SSSR count). The molecule has 1 aromatic rings. The number of hydrogen-bond donors (Lipinski definition) is 4. The molecule has 2 amide bonds. The Labute approximate surface area is 222 Å². The number of benzene rings is 1. The monoisotopic (exact) mass is 534 g/mol. The van der Waals surface area contributed by atoms with E-state index in [-0.39, 0.29) is 24.4 Å². The summed E-state index contributed by atoms with van der Waals surface area (Å²) in [7, 11) is 1.48. The fraction of sp³-hybridized carbons (Fsp3) is 0.536. The van der Waals surface area contributed by atoms with Crippen molar-refractivity contribution in [1.29, 1.82) is 0 Å². The van der Waals surface area contributed by atoms with Crippen LogP contribution in [-0.4, -0.2) is 53.9 Å². The van der Waals surface area contributed by atoms with Crippen LogP contribution in [0.25, 0.3) is 0 Å². The van der Waals surface area contributed by atoms with E-state index in [9.17, 15) is 29.0 Å². The van der Waals surface area contributed by atoms with Crippen molar-refractivity contribution in [2.45, 2.75) is 71.7 Å². The average Bonchev–Trinajstić information content (AvgIpc) is 2.85. The summed E-state index contributed by atoms with van der Waals surface area (Å²) in [6, 6.07) is 2.57. The van der Waals surface area contributed by atoms with Gasteiger partial charge in [-0.1, -0.05) is 26.0 Å². The van der Waals surface area contributed by atoms with Crippen molar-refractivity contribution in [3.8, 4) is 5.75 Å².